The van der Waals surface area contributed by atoms with Gasteiger partial charge in [0, 0.05) is 138 Å². The zero-order valence-corrected chi connectivity index (χ0v) is 80.3. The fourth-order valence-corrected chi connectivity index (χ4v) is 19.4. The number of hydrogen-bond donors (Lipinski definition) is 5. The van der Waals surface area contributed by atoms with Gasteiger partial charge in [-0.2, -0.15) is 0 Å². The highest BCUT2D eigenvalue weighted by Crippen LogP contribution is 2.41. The Morgan fingerprint density at radius 1 is 0.375 bits per heavy atom. The lowest BCUT2D eigenvalue weighted by atomic mass is 9.98. The summed E-state index contributed by atoms with van der Waals surface area (Å²) in [5.41, 5.74) is 26.8. The Hall–Kier alpha value is -15.0. The zero-order valence-electron chi connectivity index (χ0n) is 76.2. The minimum absolute atomic E-state index is 0. The second kappa shape index (κ2) is 46.6. The van der Waals surface area contributed by atoms with E-state index in [2.05, 4.69) is 128 Å². The number of ether oxygens (including phenoxy) is 2. The SMILES string of the molecule is C.Cc1cc(N2CCCCC2)cc(C)c1-c1csc(NC(=O)c2ccccc2)n1.Cc1cc(N2CCOCC2)cc(C)c1-c1csc(NC(=O)c2ccccc2)n1.Cc1cc([N+](=O)[O-])cc(C)c1-c1csc(NC(=O)c2ccccc2)n1.Cc1cncc(Oc2cc(C)c(-c3csc(NC(=O)c4ccccc4)n3)c(C)c2)n1.[C-]#[N+]c1cc(C)c(-c2csc(NC(=O)c3ccccc3)n2)c(C)c1. The van der Waals surface area contributed by atoms with E-state index in [9.17, 15) is 34.1 Å². The van der Waals surface area contributed by atoms with Crippen LogP contribution < -0.4 is 41.1 Å². The Morgan fingerprint density at radius 2 is 0.647 bits per heavy atom. The molecule has 690 valence electrons. The quantitative estimate of drug-likeness (QED) is 0.0269. The van der Waals surface area contributed by atoms with Crippen molar-refractivity contribution in [2.45, 2.75) is 103 Å². The number of benzene rings is 10. The molecule has 2 aliphatic rings. The van der Waals surface area contributed by atoms with Crippen LogP contribution in [0, 0.1) is 92.8 Å². The lowest BCUT2D eigenvalue weighted by Gasteiger charge is -2.30. The predicted molar refractivity (Wildman–Crippen MR) is 553 cm³/mol. The first-order chi connectivity index (χ1) is 65.3. The number of non-ortho nitro benzene ring substituents is 1. The van der Waals surface area contributed by atoms with E-state index in [0.29, 0.717) is 76.5 Å². The monoisotopic (exact) mass is 1900 g/mol. The second-order valence-corrected chi connectivity index (χ2v) is 36.4. The highest BCUT2D eigenvalue weighted by molar-refractivity contribution is 7.15. The molecule has 10 aromatic carbocycles. The number of piperidine rings is 1. The number of aromatic nitrogens is 7. The average Bonchev–Trinajstić information content (AvgIpc) is 1.60. The van der Waals surface area contributed by atoms with E-state index < -0.39 is 4.92 Å². The Balaban J connectivity index is 0.000000144. The normalized spacial score (nSPS) is 11.9. The molecule has 0 atom stereocenters. The molecule has 0 unspecified atom stereocenters. The van der Waals surface area contributed by atoms with Crippen molar-refractivity contribution in [1.82, 2.24) is 34.9 Å². The first-order valence-corrected chi connectivity index (χ1v) is 47.9. The Morgan fingerprint density at radius 3 is 0.926 bits per heavy atom. The Bertz CT molecular complexity index is 6690. The van der Waals surface area contributed by atoms with Gasteiger partial charge in [0.05, 0.1) is 65.1 Å². The maximum absolute atomic E-state index is 12.4. The fourth-order valence-electron chi connectivity index (χ4n) is 15.9. The van der Waals surface area contributed by atoms with Crippen LogP contribution in [0.1, 0.15) is 140 Å². The van der Waals surface area contributed by atoms with Crippen molar-refractivity contribution < 1.29 is 38.4 Å². The first-order valence-electron chi connectivity index (χ1n) is 43.5. The number of nitro benzene ring substituents is 1. The van der Waals surface area contributed by atoms with Gasteiger partial charge in [0.25, 0.3) is 35.2 Å². The zero-order chi connectivity index (χ0) is 95.2. The molecule has 30 heteroatoms. The van der Waals surface area contributed by atoms with E-state index in [1.165, 1.54) is 122 Å². The van der Waals surface area contributed by atoms with Crippen molar-refractivity contribution in [2.75, 3.05) is 75.8 Å². The summed E-state index contributed by atoms with van der Waals surface area (Å²) in [5.74, 6) is 0.315. The lowest BCUT2D eigenvalue weighted by Crippen LogP contribution is -2.36. The predicted octanol–water partition coefficient (Wildman–Crippen LogP) is 26.2. The largest absolute Gasteiger partial charge is 0.437 e. The number of nitrogens with zero attached hydrogens (tertiary/aromatic N) is 11. The smallest absolute Gasteiger partial charge is 0.269 e. The summed E-state index contributed by atoms with van der Waals surface area (Å²) in [6, 6.07) is 65.1. The van der Waals surface area contributed by atoms with E-state index in [4.69, 9.17) is 16.0 Å². The highest BCUT2D eigenvalue weighted by Gasteiger charge is 2.24. The molecule has 5 N–H and O–H groups in total. The molecule has 136 heavy (non-hydrogen) atoms. The molecular weight excluding hydrogens is 1800 g/mol. The minimum atomic E-state index is -0.406. The van der Waals surface area contributed by atoms with Gasteiger partial charge in [0.15, 0.2) is 31.3 Å². The van der Waals surface area contributed by atoms with E-state index in [0.717, 1.165) is 129 Å². The van der Waals surface area contributed by atoms with E-state index in [-0.39, 0.29) is 42.6 Å². The molecular formula is C106H102N16O9S5. The number of nitro groups is 1. The van der Waals surface area contributed by atoms with Gasteiger partial charge in [0.2, 0.25) is 5.88 Å². The topological polar surface area (TPSA) is 308 Å². The van der Waals surface area contributed by atoms with Crippen LogP contribution in [-0.4, -0.2) is 109 Å². The number of carbonyl (C=O) groups is 5. The standard InChI is InChI=1S/C23H20N4O2S.C23H25N3OS.C22H23N3O2S.C19H15N3OS.C18H15N3O3S.CH4/c1-14-9-18(29-20-12-24-11-16(3)25-20)10-15(2)21(14)19-13-30-23(26-19)27-22(28)17-7-5-4-6-8-17;1-16-13-19(26-11-7-4-8-12-26)14-17(2)21(16)20-15-28-23(24-20)25-22(27)18-9-5-3-6-10-18;1-15-12-18(25-8-10-27-11-9-25)13-16(2)20(15)19-14-28-22(23-19)24-21(26)17-6-4-3-5-7-17;1-12-9-15(20-3)10-13(2)17(12)16-11-24-19(21-16)22-18(23)14-7-5-4-6-8-14;1-11-8-14(21(23)24)9-12(2)16(11)15-10-25-18(19-15)20-17(22)13-6-4-3-5-7-13;/h4-13H,1-3H3,(H,26,27,28);3,5-6,9-10,13-15H,4,7-8,11-12H2,1-2H3,(H,24,25,27);3-7,12-14H,8-11H2,1-2H3,(H,23,24,26);4-11H,1-2H3,(H,21,22,23);3-10H,1-2H3,(H,19,20,22);1H4. The van der Waals surface area contributed by atoms with Crippen molar-refractivity contribution in [3.8, 4) is 67.9 Å². The van der Waals surface area contributed by atoms with E-state index in [1.807, 2.05) is 178 Å². The summed E-state index contributed by atoms with van der Waals surface area (Å²) in [4.78, 5) is 112. The van der Waals surface area contributed by atoms with Crippen molar-refractivity contribution in [3.63, 3.8) is 0 Å². The number of aryl methyl sites for hydroxylation is 11. The van der Waals surface area contributed by atoms with Gasteiger partial charge in [-0.15, -0.1) is 56.7 Å². The van der Waals surface area contributed by atoms with Gasteiger partial charge in [-0.1, -0.05) is 122 Å². The molecule has 18 rings (SSSR count). The van der Waals surface area contributed by atoms with E-state index in [1.54, 1.807) is 85.2 Å². The molecule has 0 aliphatic carbocycles. The van der Waals surface area contributed by atoms with Crippen molar-refractivity contribution >= 4 is 135 Å². The van der Waals surface area contributed by atoms with Gasteiger partial charge >= 0.3 is 0 Å². The minimum Gasteiger partial charge on any atom is -0.437 e. The van der Waals surface area contributed by atoms with E-state index >= 15 is 0 Å². The molecule has 0 bridgehead atoms. The van der Waals surface area contributed by atoms with Crippen molar-refractivity contribution in [2.24, 2.45) is 0 Å². The molecule has 6 aromatic heterocycles. The molecule has 25 nitrogen and oxygen atoms in total. The van der Waals surface area contributed by atoms with Crippen LogP contribution in [0.3, 0.4) is 0 Å². The third-order valence-corrected chi connectivity index (χ3v) is 25.8. The molecule has 0 radical (unpaired) electrons. The molecule has 5 amide bonds. The number of anilines is 7. The summed E-state index contributed by atoms with van der Waals surface area (Å²) >= 11 is 7.02. The maximum atomic E-state index is 12.4. The van der Waals surface area contributed by atoms with Crippen LogP contribution in [0.5, 0.6) is 11.6 Å². The van der Waals surface area contributed by atoms with Gasteiger partial charge in [-0.25, -0.2) is 34.7 Å². The van der Waals surface area contributed by atoms with Crippen LogP contribution in [0.25, 0.3) is 61.1 Å². The Kier molecular flexibility index (Phi) is 33.8. The summed E-state index contributed by atoms with van der Waals surface area (Å²) in [6.07, 6.45) is 7.16. The van der Waals surface area contributed by atoms with Crippen LogP contribution in [-0.2, 0) is 4.74 Å². The van der Waals surface area contributed by atoms with Crippen molar-refractivity contribution in [3.05, 3.63) is 362 Å². The summed E-state index contributed by atoms with van der Waals surface area (Å²) in [7, 11) is 0. The summed E-state index contributed by atoms with van der Waals surface area (Å²) < 4.78 is 11.3. The van der Waals surface area contributed by atoms with Gasteiger partial charge in [-0.3, -0.25) is 65.7 Å². The first kappa shape index (κ1) is 98.5. The third-order valence-electron chi connectivity index (χ3n) is 22.1. The average molecular weight is 1900 g/mol. The number of nitrogens with one attached hydrogen (secondary N) is 5. The van der Waals surface area contributed by atoms with Gasteiger partial charge in [0.1, 0.15) is 5.75 Å². The fraction of sp³-hybridized carbons (Fsp3) is 0.198. The Labute approximate surface area is 810 Å². The second-order valence-electron chi connectivity index (χ2n) is 32.2. The summed E-state index contributed by atoms with van der Waals surface area (Å²) in [5, 5.41) is 37.8. The molecule has 8 heterocycles. The number of carbonyl (C=O) groups excluding carboxylic acids is 5. The number of hydrogen-bond acceptors (Lipinski definition) is 23. The van der Waals surface area contributed by atoms with Crippen LogP contribution in [0.2, 0.25) is 0 Å². The molecule has 0 saturated carbocycles. The molecule has 0 spiro atoms. The van der Waals surface area contributed by atoms with Gasteiger partial charge in [-0.05, 0) is 237 Å². The molecule has 16 aromatic rings. The number of morpholine rings is 1. The third kappa shape index (κ3) is 25.7. The van der Waals surface area contributed by atoms with Gasteiger partial charge < -0.3 is 19.3 Å². The number of thiazole rings is 5. The lowest BCUT2D eigenvalue weighted by molar-refractivity contribution is -0.384. The highest BCUT2D eigenvalue weighted by atomic mass is 32.1. The summed E-state index contributed by atoms with van der Waals surface area (Å²) in [6.45, 7) is 34.8. The molecule has 2 saturated heterocycles. The maximum Gasteiger partial charge on any atom is 0.269 e. The molecule has 2 aliphatic heterocycles. The molecule has 2 fully saturated rings. The van der Waals surface area contributed by atoms with Crippen LogP contribution >= 0.6 is 56.7 Å². The van der Waals surface area contributed by atoms with Crippen LogP contribution in [0.4, 0.5) is 48.4 Å². The number of amides is 5. The number of rotatable bonds is 20. The van der Waals surface area contributed by atoms with Crippen molar-refractivity contribution in [1.29, 1.82) is 0 Å². The van der Waals surface area contributed by atoms with Crippen LogP contribution in [0.15, 0.2) is 252 Å².